The molecule has 1 N–H and O–H groups in total. The van der Waals surface area contributed by atoms with Crippen molar-refractivity contribution in [2.24, 2.45) is 0 Å². The number of carbonyl (C=O) groups excluding carboxylic acids is 1. The number of thiocarbonyl (C=S) groups is 1. The first-order valence-corrected chi connectivity index (χ1v) is 10.4. The number of carbonyl (C=O) groups is 2. The van der Waals surface area contributed by atoms with Crippen molar-refractivity contribution in [2.75, 3.05) is 4.90 Å². The summed E-state index contributed by atoms with van der Waals surface area (Å²) in [5.41, 5.74) is 2.26. The van der Waals surface area contributed by atoms with Crippen molar-refractivity contribution < 1.29 is 19.1 Å². The van der Waals surface area contributed by atoms with Crippen LogP contribution in [0.15, 0.2) is 63.9 Å². The minimum Gasteiger partial charge on any atom is -0.478 e. The second-order valence-electron chi connectivity index (χ2n) is 6.51. The van der Waals surface area contributed by atoms with Gasteiger partial charge in [-0.15, -0.1) is 0 Å². The second kappa shape index (κ2) is 8.10. The summed E-state index contributed by atoms with van der Waals surface area (Å²) in [5.74, 6) is -0.432. The number of para-hydroxylation sites is 1. The third-order valence-electron chi connectivity index (χ3n) is 4.53. The SMILES string of the molecule is Cc1ccccc1N1C(=O)C(=Cc2ccc(-c3cc(C(=O)O)ccc3Cl)o2)SC1=S. The van der Waals surface area contributed by atoms with Gasteiger partial charge in [0.15, 0.2) is 4.32 Å². The summed E-state index contributed by atoms with van der Waals surface area (Å²) in [6.45, 7) is 1.92. The zero-order valence-corrected chi connectivity index (χ0v) is 18.0. The van der Waals surface area contributed by atoms with Crippen molar-refractivity contribution in [2.45, 2.75) is 6.92 Å². The molecule has 1 fully saturated rings. The normalized spacial score (nSPS) is 15.3. The van der Waals surface area contributed by atoms with Crippen LogP contribution in [0.3, 0.4) is 0 Å². The third kappa shape index (κ3) is 3.79. The molecule has 8 heteroatoms. The average Bonchev–Trinajstić information content (AvgIpc) is 3.27. The lowest BCUT2D eigenvalue weighted by Gasteiger charge is -2.16. The van der Waals surface area contributed by atoms with E-state index in [9.17, 15) is 14.7 Å². The van der Waals surface area contributed by atoms with Crippen molar-refractivity contribution in [3.8, 4) is 11.3 Å². The average molecular weight is 456 g/mol. The highest BCUT2D eigenvalue weighted by Gasteiger charge is 2.34. The number of benzene rings is 2. The van der Waals surface area contributed by atoms with Crippen LogP contribution in [-0.2, 0) is 4.79 Å². The smallest absolute Gasteiger partial charge is 0.335 e. The van der Waals surface area contributed by atoms with Gasteiger partial charge in [-0.2, -0.15) is 0 Å². The molecule has 0 bridgehead atoms. The number of rotatable bonds is 4. The van der Waals surface area contributed by atoms with Gasteiger partial charge >= 0.3 is 5.97 Å². The summed E-state index contributed by atoms with van der Waals surface area (Å²) in [6.07, 6.45) is 1.62. The standard InChI is InChI=1S/C22H14ClNO4S2/c1-12-4-2-3-5-17(12)24-20(25)19(30-22(24)29)11-14-7-9-18(28-14)15-10-13(21(26)27)6-8-16(15)23/h2-11H,1H3,(H,26,27). The maximum atomic E-state index is 12.9. The fourth-order valence-corrected chi connectivity index (χ4v) is 4.52. The Labute approximate surface area is 186 Å². The number of furan rings is 1. The van der Waals surface area contributed by atoms with Crippen LogP contribution in [0.4, 0.5) is 5.69 Å². The number of carboxylic acid groups (broad SMARTS) is 1. The highest BCUT2D eigenvalue weighted by Crippen LogP contribution is 2.38. The molecule has 0 unspecified atom stereocenters. The molecule has 0 radical (unpaired) electrons. The number of anilines is 1. The molecule has 1 aliphatic rings. The Kier molecular flexibility index (Phi) is 5.51. The molecule has 150 valence electrons. The van der Waals surface area contributed by atoms with Gasteiger partial charge in [0, 0.05) is 11.6 Å². The molecule has 1 saturated heterocycles. The number of amides is 1. The molecule has 0 atom stereocenters. The molecule has 0 aliphatic carbocycles. The lowest BCUT2D eigenvalue weighted by atomic mass is 10.1. The van der Waals surface area contributed by atoms with Crippen molar-refractivity contribution in [1.82, 2.24) is 0 Å². The van der Waals surface area contributed by atoms with Gasteiger partial charge in [-0.1, -0.05) is 53.8 Å². The molecule has 5 nitrogen and oxygen atoms in total. The predicted molar refractivity (Wildman–Crippen MR) is 123 cm³/mol. The number of hydrogen-bond acceptors (Lipinski definition) is 5. The summed E-state index contributed by atoms with van der Waals surface area (Å²) < 4.78 is 6.26. The number of halogens is 1. The molecule has 0 spiro atoms. The van der Waals surface area contributed by atoms with Crippen molar-refractivity contribution in [3.63, 3.8) is 0 Å². The lowest BCUT2D eigenvalue weighted by molar-refractivity contribution is -0.113. The number of thioether (sulfide) groups is 1. The van der Waals surface area contributed by atoms with Crippen molar-refractivity contribution >= 4 is 63.5 Å². The van der Waals surface area contributed by atoms with Crippen LogP contribution in [-0.4, -0.2) is 21.3 Å². The van der Waals surface area contributed by atoms with Crippen LogP contribution in [0.25, 0.3) is 17.4 Å². The minimum absolute atomic E-state index is 0.103. The van der Waals surface area contributed by atoms with E-state index in [1.165, 1.54) is 34.9 Å². The van der Waals surface area contributed by atoms with E-state index in [1.54, 1.807) is 18.2 Å². The first kappa shape index (κ1) is 20.4. The van der Waals surface area contributed by atoms with Crippen molar-refractivity contribution in [3.05, 3.63) is 81.4 Å². The van der Waals surface area contributed by atoms with Gasteiger partial charge in [-0.3, -0.25) is 9.69 Å². The Morgan fingerprint density at radius 3 is 2.70 bits per heavy atom. The van der Waals surface area contributed by atoms with E-state index < -0.39 is 5.97 Å². The van der Waals surface area contributed by atoms with Crippen LogP contribution in [0.2, 0.25) is 5.02 Å². The molecular formula is C22H14ClNO4S2. The topological polar surface area (TPSA) is 70.8 Å². The van der Waals surface area contributed by atoms with E-state index in [2.05, 4.69) is 0 Å². The van der Waals surface area contributed by atoms with Crippen LogP contribution >= 0.6 is 35.6 Å². The number of carboxylic acids is 1. The third-order valence-corrected chi connectivity index (χ3v) is 6.16. The van der Waals surface area contributed by atoms with Crippen LogP contribution < -0.4 is 4.90 Å². The zero-order valence-electron chi connectivity index (χ0n) is 15.6. The van der Waals surface area contributed by atoms with E-state index in [4.69, 9.17) is 28.2 Å². The Bertz CT molecular complexity index is 1230. The molecular weight excluding hydrogens is 442 g/mol. The fraction of sp³-hybridized carbons (Fsp3) is 0.0455. The number of nitrogens with zero attached hydrogens (tertiary/aromatic N) is 1. The Balaban J connectivity index is 1.65. The van der Waals surface area contributed by atoms with Gasteiger partial charge in [0.05, 0.1) is 21.2 Å². The highest BCUT2D eigenvalue weighted by atomic mass is 35.5. The van der Waals surface area contributed by atoms with Crippen LogP contribution in [0.5, 0.6) is 0 Å². The van der Waals surface area contributed by atoms with E-state index in [0.29, 0.717) is 31.3 Å². The highest BCUT2D eigenvalue weighted by molar-refractivity contribution is 8.27. The van der Waals surface area contributed by atoms with E-state index in [0.717, 1.165) is 11.3 Å². The molecule has 1 aromatic heterocycles. The Morgan fingerprint density at radius 2 is 1.97 bits per heavy atom. The van der Waals surface area contributed by atoms with Gasteiger partial charge in [-0.05, 0) is 48.9 Å². The van der Waals surface area contributed by atoms with Crippen LogP contribution in [0.1, 0.15) is 21.7 Å². The number of aryl methyl sites for hydroxylation is 1. The fourth-order valence-electron chi connectivity index (χ4n) is 3.04. The summed E-state index contributed by atoms with van der Waals surface area (Å²) in [7, 11) is 0. The first-order chi connectivity index (χ1) is 14.3. The molecule has 0 saturated carbocycles. The minimum atomic E-state index is -1.06. The van der Waals surface area contributed by atoms with E-state index in [-0.39, 0.29) is 11.5 Å². The van der Waals surface area contributed by atoms with E-state index in [1.807, 2.05) is 31.2 Å². The Hall–Kier alpha value is -2.87. The maximum absolute atomic E-state index is 12.9. The lowest BCUT2D eigenvalue weighted by Crippen LogP contribution is -2.28. The monoisotopic (exact) mass is 455 g/mol. The second-order valence-corrected chi connectivity index (χ2v) is 8.59. The molecule has 4 rings (SSSR count). The number of hydrogen-bond donors (Lipinski definition) is 1. The summed E-state index contributed by atoms with van der Waals surface area (Å²) >= 11 is 12.8. The summed E-state index contributed by atoms with van der Waals surface area (Å²) in [4.78, 5) is 26.1. The zero-order chi connectivity index (χ0) is 21.4. The molecule has 3 aromatic rings. The number of aromatic carboxylic acids is 1. The van der Waals surface area contributed by atoms with E-state index >= 15 is 0 Å². The molecule has 2 aromatic carbocycles. The van der Waals surface area contributed by atoms with Gasteiger partial charge in [-0.25, -0.2) is 4.79 Å². The first-order valence-electron chi connectivity index (χ1n) is 8.82. The van der Waals surface area contributed by atoms with Gasteiger partial charge in [0.2, 0.25) is 0 Å². The summed E-state index contributed by atoms with van der Waals surface area (Å²) in [6, 6.07) is 15.3. The largest absolute Gasteiger partial charge is 0.478 e. The molecule has 1 amide bonds. The van der Waals surface area contributed by atoms with Crippen LogP contribution in [0, 0.1) is 6.92 Å². The molecule has 1 aliphatic heterocycles. The van der Waals surface area contributed by atoms with Crippen molar-refractivity contribution in [1.29, 1.82) is 0 Å². The predicted octanol–water partition coefficient (Wildman–Crippen LogP) is 6.01. The van der Waals surface area contributed by atoms with Gasteiger partial charge in [0.25, 0.3) is 5.91 Å². The molecule has 2 heterocycles. The van der Waals surface area contributed by atoms with Gasteiger partial charge in [0.1, 0.15) is 11.5 Å². The molecule has 30 heavy (non-hydrogen) atoms. The summed E-state index contributed by atoms with van der Waals surface area (Å²) in [5, 5.41) is 9.56. The Morgan fingerprint density at radius 1 is 1.20 bits per heavy atom. The maximum Gasteiger partial charge on any atom is 0.335 e. The van der Waals surface area contributed by atoms with Gasteiger partial charge < -0.3 is 9.52 Å². The quantitative estimate of drug-likeness (QED) is 0.383.